The Bertz CT molecular complexity index is 910. The monoisotopic (exact) mass is 419 g/mol. The summed E-state index contributed by atoms with van der Waals surface area (Å²) in [6.45, 7) is 0. The maximum absolute atomic E-state index is 12.2. The molecular formula is C19H15Cl2N3O2S. The molecule has 1 amide bonds. The molecule has 8 heteroatoms. The van der Waals surface area contributed by atoms with Gasteiger partial charge in [0.15, 0.2) is 5.17 Å². The predicted molar refractivity (Wildman–Crippen MR) is 114 cm³/mol. The van der Waals surface area contributed by atoms with Gasteiger partial charge in [-0.25, -0.2) is 0 Å². The van der Waals surface area contributed by atoms with E-state index >= 15 is 0 Å². The summed E-state index contributed by atoms with van der Waals surface area (Å²) in [5.74, 6) is 0.993. The van der Waals surface area contributed by atoms with Crippen LogP contribution < -0.4 is 9.64 Å². The van der Waals surface area contributed by atoms with Gasteiger partial charge >= 0.3 is 0 Å². The van der Waals surface area contributed by atoms with Gasteiger partial charge in [-0.05, 0) is 48.0 Å². The van der Waals surface area contributed by atoms with E-state index in [1.165, 1.54) is 22.9 Å². The molecule has 1 aliphatic heterocycles. The Hall–Kier alpha value is -2.28. The van der Waals surface area contributed by atoms with Crippen molar-refractivity contribution in [2.24, 2.45) is 10.2 Å². The zero-order chi connectivity index (χ0) is 19.2. The van der Waals surface area contributed by atoms with E-state index in [1.54, 1.807) is 49.6 Å². The fraction of sp³-hybridized carbons (Fsp3) is 0.105. The van der Waals surface area contributed by atoms with Crippen LogP contribution in [0.5, 0.6) is 5.75 Å². The summed E-state index contributed by atoms with van der Waals surface area (Å²) < 4.78 is 5.14. The SMILES string of the molecule is COc1ccc(N2C(=O)CS/C2=N/N=C/C=C(/Cl)c2ccc(Cl)cc2)cc1. The Morgan fingerprint density at radius 3 is 2.56 bits per heavy atom. The van der Waals surface area contributed by atoms with Crippen LogP contribution >= 0.6 is 35.0 Å². The predicted octanol–water partition coefficient (Wildman–Crippen LogP) is 5.05. The average molecular weight is 420 g/mol. The summed E-state index contributed by atoms with van der Waals surface area (Å²) in [5, 5.41) is 9.84. The van der Waals surface area contributed by atoms with Gasteiger partial charge in [-0.1, -0.05) is 47.1 Å². The van der Waals surface area contributed by atoms with Gasteiger partial charge in [-0.2, -0.15) is 5.10 Å². The molecule has 0 aliphatic carbocycles. The number of carbonyl (C=O) groups is 1. The van der Waals surface area contributed by atoms with Crippen molar-refractivity contribution in [3.63, 3.8) is 0 Å². The minimum Gasteiger partial charge on any atom is -0.497 e. The van der Waals surface area contributed by atoms with Crippen molar-refractivity contribution in [2.45, 2.75) is 0 Å². The van der Waals surface area contributed by atoms with Crippen molar-refractivity contribution in [3.8, 4) is 5.75 Å². The van der Waals surface area contributed by atoms with Gasteiger partial charge in [0.1, 0.15) is 5.75 Å². The molecule has 5 nitrogen and oxygen atoms in total. The number of hydrogen-bond donors (Lipinski definition) is 0. The number of amides is 1. The Balaban J connectivity index is 1.74. The van der Waals surface area contributed by atoms with Crippen molar-refractivity contribution >= 4 is 63.0 Å². The van der Waals surface area contributed by atoms with Crippen LogP contribution in [0.4, 0.5) is 5.69 Å². The van der Waals surface area contributed by atoms with Crippen LogP contribution in [-0.2, 0) is 4.79 Å². The van der Waals surface area contributed by atoms with E-state index < -0.39 is 0 Å². The number of methoxy groups -OCH3 is 1. The van der Waals surface area contributed by atoms with Gasteiger partial charge in [0, 0.05) is 10.1 Å². The second-order valence-electron chi connectivity index (χ2n) is 5.38. The third-order valence-electron chi connectivity index (χ3n) is 3.65. The summed E-state index contributed by atoms with van der Waals surface area (Å²) in [6, 6.07) is 14.4. The third-order valence-corrected chi connectivity index (χ3v) is 5.16. The number of allylic oxidation sites excluding steroid dienone is 1. The third kappa shape index (κ3) is 4.91. The fourth-order valence-corrected chi connectivity index (χ4v) is 3.44. The zero-order valence-corrected chi connectivity index (χ0v) is 16.6. The summed E-state index contributed by atoms with van der Waals surface area (Å²) in [7, 11) is 1.59. The molecule has 0 atom stereocenters. The average Bonchev–Trinajstić information content (AvgIpc) is 3.06. The molecule has 0 aromatic heterocycles. The molecule has 2 aromatic carbocycles. The number of anilines is 1. The van der Waals surface area contributed by atoms with Gasteiger partial charge in [0.05, 0.1) is 24.8 Å². The number of ether oxygens (including phenoxy) is 1. The second-order valence-corrected chi connectivity index (χ2v) is 7.17. The molecule has 0 spiro atoms. The van der Waals surface area contributed by atoms with E-state index in [9.17, 15) is 4.79 Å². The number of nitrogens with zero attached hydrogens (tertiary/aromatic N) is 3. The van der Waals surface area contributed by atoms with Gasteiger partial charge < -0.3 is 4.74 Å². The standard InChI is InChI=1S/C19H15Cl2N3O2S/c1-26-16-8-6-15(7-9-16)24-18(25)12-27-19(24)23-22-11-10-17(21)13-2-4-14(20)5-3-13/h2-11H,12H2,1H3/b17-10+,22-11+,23-19+. The van der Waals surface area contributed by atoms with Crippen molar-refractivity contribution in [3.05, 3.63) is 65.2 Å². The molecular weight excluding hydrogens is 405 g/mol. The van der Waals surface area contributed by atoms with Crippen LogP contribution in [0.25, 0.3) is 5.03 Å². The van der Waals surface area contributed by atoms with E-state index in [0.29, 0.717) is 21.0 Å². The van der Waals surface area contributed by atoms with E-state index in [4.69, 9.17) is 27.9 Å². The molecule has 1 fully saturated rings. The van der Waals surface area contributed by atoms with Crippen LogP contribution in [0.1, 0.15) is 5.56 Å². The van der Waals surface area contributed by atoms with E-state index in [0.717, 1.165) is 17.0 Å². The molecule has 1 saturated heterocycles. The summed E-state index contributed by atoms with van der Waals surface area (Å²) in [5.41, 5.74) is 1.54. The highest BCUT2D eigenvalue weighted by atomic mass is 35.5. The minimum atomic E-state index is -0.0474. The van der Waals surface area contributed by atoms with Crippen molar-refractivity contribution in [1.82, 2.24) is 0 Å². The lowest BCUT2D eigenvalue weighted by Crippen LogP contribution is -2.28. The first-order valence-electron chi connectivity index (χ1n) is 7.91. The van der Waals surface area contributed by atoms with E-state index in [2.05, 4.69) is 10.2 Å². The molecule has 27 heavy (non-hydrogen) atoms. The number of halogens is 2. The van der Waals surface area contributed by atoms with Crippen LogP contribution in [0.15, 0.2) is 64.8 Å². The largest absolute Gasteiger partial charge is 0.497 e. The summed E-state index contributed by atoms with van der Waals surface area (Å²) >= 11 is 13.4. The molecule has 138 valence electrons. The fourth-order valence-electron chi connectivity index (χ4n) is 2.31. The molecule has 2 aromatic rings. The number of benzene rings is 2. The summed E-state index contributed by atoms with van der Waals surface area (Å²) in [4.78, 5) is 13.7. The van der Waals surface area contributed by atoms with Crippen LogP contribution in [-0.4, -0.2) is 30.2 Å². The molecule has 3 rings (SSSR count). The second kappa shape index (κ2) is 9.08. The Morgan fingerprint density at radius 2 is 1.89 bits per heavy atom. The van der Waals surface area contributed by atoms with E-state index in [1.807, 2.05) is 12.1 Å². The zero-order valence-electron chi connectivity index (χ0n) is 14.3. The van der Waals surface area contributed by atoms with Crippen molar-refractivity contribution < 1.29 is 9.53 Å². The first-order valence-corrected chi connectivity index (χ1v) is 9.65. The Labute approximate surface area is 171 Å². The van der Waals surface area contributed by atoms with Crippen LogP contribution in [0, 0.1) is 0 Å². The van der Waals surface area contributed by atoms with Crippen molar-refractivity contribution in [2.75, 3.05) is 17.8 Å². The first-order chi connectivity index (χ1) is 13.1. The molecule has 0 radical (unpaired) electrons. The minimum absolute atomic E-state index is 0.0474. The highest BCUT2D eigenvalue weighted by molar-refractivity contribution is 8.15. The number of hydrogen-bond acceptors (Lipinski definition) is 5. The van der Waals surface area contributed by atoms with Gasteiger partial charge in [0.25, 0.3) is 0 Å². The number of carbonyl (C=O) groups excluding carboxylic acids is 1. The number of thioether (sulfide) groups is 1. The topological polar surface area (TPSA) is 54.3 Å². The number of amidine groups is 1. The van der Waals surface area contributed by atoms with Gasteiger partial charge in [-0.15, -0.1) is 5.10 Å². The molecule has 0 N–H and O–H groups in total. The van der Waals surface area contributed by atoms with Crippen molar-refractivity contribution in [1.29, 1.82) is 0 Å². The smallest absolute Gasteiger partial charge is 0.243 e. The number of rotatable bonds is 5. The highest BCUT2D eigenvalue weighted by Gasteiger charge is 2.29. The Kier molecular flexibility index (Phi) is 6.55. The van der Waals surface area contributed by atoms with Gasteiger partial charge in [0.2, 0.25) is 5.91 Å². The van der Waals surface area contributed by atoms with Gasteiger partial charge in [-0.3, -0.25) is 9.69 Å². The lowest BCUT2D eigenvalue weighted by atomic mass is 10.2. The first kappa shape index (κ1) is 19.5. The molecule has 0 saturated carbocycles. The maximum Gasteiger partial charge on any atom is 0.243 e. The molecule has 1 heterocycles. The lowest BCUT2D eigenvalue weighted by molar-refractivity contribution is -0.115. The highest BCUT2D eigenvalue weighted by Crippen LogP contribution is 2.28. The molecule has 1 aliphatic rings. The molecule has 0 unspecified atom stereocenters. The lowest BCUT2D eigenvalue weighted by Gasteiger charge is -2.15. The quantitative estimate of drug-likeness (QED) is 0.503. The normalized spacial score (nSPS) is 16.6. The Morgan fingerprint density at radius 1 is 1.19 bits per heavy atom. The summed E-state index contributed by atoms with van der Waals surface area (Å²) in [6.07, 6.45) is 3.12. The van der Waals surface area contributed by atoms with Crippen LogP contribution in [0.2, 0.25) is 5.02 Å². The van der Waals surface area contributed by atoms with Crippen LogP contribution in [0.3, 0.4) is 0 Å². The molecule has 0 bridgehead atoms. The van der Waals surface area contributed by atoms with E-state index in [-0.39, 0.29) is 5.91 Å². The maximum atomic E-state index is 12.2.